The highest BCUT2D eigenvalue weighted by atomic mass is 16.6. The molecule has 0 bridgehead atoms. The molecule has 4 heteroatoms. The van der Waals surface area contributed by atoms with Crippen LogP contribution in [0.1, 0.15) is 34.6 Å². The number of esters is 1. The lowest BCUT2D eigenvalue weighted by molar-refractivity contribution is -0.152. The zero-order chi connectivity index (χ0) is 14.6. The van der Waals surface area contributed by atoms with Gasteiger partial charge in [-0.3, -0.25) is 14.6 Å². The summed E-state index contributed by atoms with van der Waals surface area (Å²) in [6.45, 7) is 9.33. The molecule has 19 heavy (non-hydrogen) atoms. The maximum Gasteiger partial charge on any atom is 0.328 e. The lowest BCUT2D eigenvalue weighted by atomic mass is 10.1. The SMILES string of the molecule is CC(C)/C=C1/C(=O)C=CC1=NCC(=O)OC(C)(C)C. The number of allylic oxidation sites excluding steroid dienone is 4. The molecule has 0 aliphatic heterocycles. The molecule has 0 fully saturated rings. The molecule has 0 spiro atoms. The summed E-state index contributed by atoms with van der Waals surface area (Å²) >= 11 is 0. The van der Waals surface area contributed by atoms with Crippen molar-refractivity contribution in [1.82, 2.24) is 0 Å². The van der Waals surface area contributed by atoms with E-state index in [0.717, 1.165) is 0 Å². The van der Waals surface area contributed by atoms with Crippen molar-refractivity contribution in [3.05, 3.63) is 23.8 Å². The first-order chi connectivity index (χ1) is 8.69. The van der Waals surface area contributed by atoms with Crippen molar-refractivity contribution >= 4 is 17.5 Å². The van der Waals surface area contributed by atoms with Crippen molar-refractivity contribution in [2.45, 2.75) is 40.2 Å². The third-order valence-electron chi connectivity index (χ3n) is 2.23. The fourth-order valence-corrected chi connectivity index (χ4v) is 1.62. The maximum absolute atomic E-state index is 11.6. The Kier molecular flexibility index (Phi) is 4.81. The molecule has 0 atom stereocenters. The third-order valence-corrected chi connectivity index (χ3v) is 2.23. The molecule has 1 rings (SSSR count). The number of rotatable bonds is 3. The van der Waals surface area contributed by atoms with Crippen molar-refractivity contribution in [2.24, 2.45) is 10.9 Å². The van der Waals surface area contributed by atoms with E-state index in [1.807, 2.05) is 19.9 Å². The van der Waals surface area contributed by atoms with Gasteiger partial charge in [-0.25, -0.2) is 0 Å². The predicted octanol–water partition coefficient (Wildman–Crippen LogP) is 2.49. The normalized spacial score (nSPS) is 19.8. The van der Waals surface area contributed by atoms with Gasteiger partial charge in [0.1, 0.15) is 12.1 Å². The summed E-state index contributed by atoms with van der Waals surface area (Å²) in [7, 11) is 0. The van der Waals surface area contributed by atoms with E-state index in [0.29, 0.717) is 11.3 Å². The van der Waals surface area contributed by atoms with Gasteiger partial charge in [-0.2, -0.15) is 0 Å². The molecule has 104 valence electrons. The molecule has 1 aliphatic rings. The lowest BCUT2D eigenvalue weighted by Gasteiger charge is -2.18. The van der Waals surface area contributed by atoms with E-state index in [9.17, 15) is 9.59 Å². The Morgan fingerprint density at radius 2 is 2.00 bits per heavy atom. The highest BCUT2D eigenvalue weighted by Crippen LogP contribution is 2.14. The Labute approximate surface area is 114 Å². The van der Waals surface area contributed by atoms with Crippen LogP contribution in [0.15, 0.2) is 28.8 Å². The second-order valence-corrected chi connectivity index (χ2v) is 5.81. The quantitative estimate of drug-likeness (QED) is 0.580. The Balaban J connectivity index is 2.74. The zero-order valence-electron chi connectivity index (χ0n) is 12.2. The van der Waals surface area contributed by atoms with Crippen LogP contribution in [0.2, 0.25) is 0 Å². The van der Waals surface area contributed by atoms with Crippen LogP contribution >= 0.6 is 0 Å². The van der Waals surface area contributed by atoms with Gasteiger partial charge in [-0.15, -0.1) is 0 Å². The van der Waals surface area contributed by atoms with Gasteiger partial charge in [0.2, 0.25) is 0 Å². The van der Waals surface area contributed by atoms with Crippen LogP contribution in [0.4, 0.5) is 0 Å². The Hall–Kier alpha value is -1.71. The van der Waals surface area contributed by atoms with E-state index in [1.54, 1.807) is 26.8 Å². The number of ketones is 1. The van der Waals surface area contributed by atoms with Crippen LogP contribution in [0.5, 0.6) is 0 Å². The second-order valence-electron chi connectivity index (χ2n) is 5.81. The van der Waals surface area contributed by atoms with Crippen molar-refractivity contribution in [2.75, 3.05) is 6.54 Å². The second kappa shape index (κ2) is 5.95. The summed E-state index contributed by atoms with van der Waals surface area (Å²) in [4.78, 5) is 27.4. The molecule has 0 amide bonds. The van der Waals surface area contributed by atoms with E-state index < -0.39 is 11.6 Å². The van der Waals surface area contributed by atoms with Gasteiger partial charge >= 0.3 is 5.97 Å². The number of hydrogen-bond acceptors (Lipinski definition) is 4. The molecule has 0 aromatic heterocycles. The molecule has 4 nitrogen and oxygen atoms in total. The first kappa shape index (κ1) is 15.3. The summed E-state index contributed by atoms with van der Waals surface area (Å²) < 4.78 is 5.17. The van der Waals surface area contributed by atoms with Gasteiger partial charge in [-0.05, 0) is 38.8 Å². The van der Waals surface area contributed by atoms with Crippen LogP contribution in [-0.4, -0.2) is 29.6 Å². The van der Waals surface area contributed by atoms with Crippen LogP contribution in [0.25, 0.3) is 0 Å². The molecule has 0 radical (unpaired) electrons. The van der Waals surface area contributed by atoms with Gasteiger partial charge in [-0.1, -0.05) is 19.9 Å². The summed E-state index contributed by atoms with van der Waals surface area (Å²) in [6, 6.07) is 0. The minimum Gasteiger partial charge on any atom is -0.459 e. The van der Waals surface area contributed by atoms with Crippen molar-refractivity contribution in [3.63, 3.8) is 0 Å². The average Bonchev–Trinajstić information content (AvgIpc) is 2.54. The minimum atomic E-state index is -0.519. The van der Waals surface area contributed by atoms with Gasteiger partial charge in [0.05, 0.1) is 5.71 Å². The number of hydrogen-bond donors (Lipinski definition) is 0. The summed E-state index contributed by atoms with van der Waals surface area (Å²) in [6.07, 6.45) is 4.97. The molecule has 0 saturated heterocycles. The molecular formula is C15H21NO3. The van der Waals surface area contributed by atoms with Gasteiger partial charge in [0, 0.05) is 5.57 Å². The molecule has 0 heterocycles. The fourth-order valence-electron chi connectivity index (χ4n) is 1.62. The molecule has 0 aromatic carbocycles. The minimum absolute atomic E-state index is 0.0587. The van der Waals surface area contributed by atoms with Crippen LogP contribution in [0, 0.1) is 5.92 Å². The zero-order valence-corrected chi connectivity index (χ0v) is 12.2. The summed E-state index contributed by atoms with van der Waals surface area (Å²) in [5, 5.41) is 0. The largest absolute Gasteiger partial charge is 0.459 e. The van der Waals surface area contributed by atoms with Crippen molar-refractivity contribution in [3.8, 4) is 0 Å². The monoisotopic (exact) mass is 263 g/mol. The van der Waals surface area contributed by atoms with E-state index in [-0.39, 0.29) is 18.2 Å². The van der Waals surface area contributed by atoms with Gasteiger partial charge in [0.25, 0.3) is 0 Å². The molecule has 1 aliphatic carbocycles. The van der Waals surface area contributed by atoms with Crippen molar-refractivity contribution < 1.29 is 14.3 Å². The highest BCUT2D eigenvalue weighted by Gasteiger charge is 2.20. The first-order valence-electron chi connectivity index (χ1n) is 6.40. The predicted molar refractivity (Wildman–Crippen MR) is 75.2 cm³/mol. The smallest absolute Gasteiger partial charge is 0.328 e. The molecule has 0 aromatic rings. The van der Waals surface area contributed by atoms with Gasteiger partial charge in [0.15, 0.2) is 5.78 Å². The maximum atomic E-state index is 11.6. The van der Waals surface area contributed by atoms with Gasteiger partial charge < -0.3 is 4.74 Å². The number of carbonyl (C=O) groups excluding carboxylic acids is 2. The Bertz CT molecular complexity index is 462. The molecule has 0 N–H and O–H groups in total. The summed E-state index contributed by atoms with van der Waals surface area (Å²) in [5.41, 5.74) is 0.609. The number of ether oxygens (including phenoxy) is 1. The third kappa shape index (κ3) is 5.20. The van der Waals surface area contributed by atoms with Crippen LogP contribution in [-0.2, 0) is 14.3 Å². The number of aliphatic imine (C=N–C) groups is 1. The Morgan fingerprint density at radius 3 is 2.53 bits per heavy atom. The van der Waals surface area contributed by atoms with Crippen LogP contribution in [0.3, 0.4) is 0 Å². The van der Waals surface area contributed by atoms with E-state index in [1.165, 1.54) is 6.08 Å². The van der Waals surface area contributed by atoms with E-state index >= 15 is 0 Å². The first-order valence-corrected chi connectivity index (χ1v) is 6.40. The van der Waals surface area contributed by atoms with E-state index in [4.69, 9.17) is 4.74 Å². The fraction of sp³-hybridized carbons (Fsp3) is 0.533. The highest BCUT2D eigenvalue weighted by molar-refractivity contribution is 6.35. The Morgan fingerprint density at radius 1 is 1.37 bits per heavy atom. The molecule has 0 saturated carbocycles. The molecular weight excluding hydrogens is 242 g/mol. The number of nitrogens with zero attached hydrogens (tertiary/aromatic N) is 1. The standard InChI is InChI=1S/C15H21NO3/c1-10(2)8-11-12(6-7-13(11)17)16-9-14(18)19-15(3,4)5/h6-8,10H,9H2,1-5H3/b11-8+,16-12?. The molecule has 0 unspecified atom stereocenters. The number of carbonyl (C=O) groups is 2. The summed E-state index contributed by atoms with van der Waals surface area (Å²) in [5.74, 6) is -0.195. The topological polar surface area (TPSA) is 55.7 Å². The van der Waals surface area contributed by atoms with Crippen LogP contribution < -0.4 is 0 Å². The average molecular weight is 263 g/mol. The lowest BCUT2D eigenvalue weighted by Crippen LogP contribution is -2.25. The van der Waals surface area contributed by atoms with E-state index in [2.05, 4.69) is 4.99 Å². The van der Waals surface area contributed by atoms with Crippen molar-refractivity contribution in [1.29, 1.82) is 0 Å².